The van der Waals surface area contributed by atoms with E-state index < -0.39 is 10.0 Å². The Balaban J connectivity index is 2.10. The lowest BCUT2D eigenvalue weighted by atomic mass is 10.0. The number of amides is 1. The highest BCUT2D eigenvalue weighted by atomic mass is 35.5. The van der Waals surface area contributed by atoms with Crippen molar-refractivity contribution in [2.24, 2.45) is 5.92 Å². The maximum atomic E-state index is 12.9. The van der Waals surface area contributed by atoms with Gasteiger partial charge in [0.25, 0.3) is 5.91 Å². The minimum absolute atomic E-state index is 0.0197. The Morgan fingerprint density at radius 2 is 1.89 bits per heavy atom. The van der Waals surface area contributed by atoms with Crippen LogP contribution in [0.5, 0.6) is 0 Å². The lowest BCUT2D eigenvalue weighted by molar-refractivity contribution is 0.0730. The predicted octanol–water partition coefficient (Wildman–Crippen LogP) is 3.31. The summed E-state index contributed by atoms with van der Waals surface area (Å²) >= 11 is 6.14. The molecule has 1 saturated heterocycles. The van der Waals surface area contributed by atoms with Gasteiger partial charge >= 0.3 is 0 Å². The van der Waals surface area contributed by atoms with Crippen molar-refractivity contribution in [3.05, 3.63) is 28.8 Å². The van der Waals surface area contributed by atoms with E-state index in [1.54, 1.807) is 6.07 Å². The van der Waals surface area contributed by atoms with E-state index in [1.165, 1.54) is 16.4 Å². The van der Waals surface area contributed by atoms with E-state index in [4.69, 9.17) is 16.3 Å². The molecule has 0 radical (unpaired) electrons. The first-order valence-electron chi connectivity index (χ1n) is 9.40. The van der Waals surface area contributed by atoms with Crippen LogP contribution in [-0.4, -0.2) is 51.0 Å². The summed E-state index contributed by atoms with van der Waals surface area (Å²) in [6, 6.07) is 4.40. The van der Waals surface area contributed by atoms with Crippen molar-refractivity contribution < 1.29 is 17.9 Å². The summed E-state index contributed by atoms with van der Waals surface area (Å²) in [5.41, 5.74) is 0.293. The number of rotatable bonds is 8. The van der Waals surface area contributed by atoms with Crippen LogP contribution in [-0.2, 0) is 14.8 Å². The van der Waals surface area contributed by atoms with E-state index in [1.807, 2.05) is 6.92 Å². The number of hydrogen-bond acceptors (Lipinski definition) is 4. The molecule has 1 aliphatic rings. The Labute approximate surface area is 167 Å². The SMILES string of the molecule is CC(C)CCCC(C)NC(=O)c1ccc(Cl)c(S(=O)(=O)N2CCOCC2)c1. The van der Waals surface area contributed by atoms with Gasteiger partial charge in [-0.15, -0.1) is 0 Å². The fourth-order valence-corrected chi connectivity index (χ4v) is 4.89. The van der Waals surface area contributed by atoms with Gasteiger partial charge in [0.05, 0.1) is 18.2 Å². The van der Waals surface area contributed by atoms with Crippen LogP contribution in [0, 0.1) is 5.92 Å². The van der Waals surface area contributed by atoms with Gasteiger partial charge in [0.15, 0.2) is 0 Å². The molecule has 1 fully saturated rings. The van der Waals surface area contributed by atoms with Crippen LogP contribution in [0.2, 0.25) is 5.02 Å². The highest BCUT2D eigenvalue weighted by Gasteiger charge is 2.29. The molecule has 1 amide bonds. The molecule has 1 N–H and O–H groups in total. The largest absolute Gasteiger partial charge is 0.379 e. The molecule has 1 aromatic carbocycles. The molecule has 6 nitrogen and oxygen atoms in total. The van der Waals surface area contributed by atoms with Crippen LogP contribution in [0.1, 0.15) is 50.4 Å². The van der Waals surface area contributed by atoms with E-state index in [0.29, 0.717) is 24.7 Å². The first-order valence-corrected chi connectivity index (χ1v) is 11.2. The maximum Gasteiger partial charge on any atom is 0.251 e. The second kappa shape index (κ2) is 9.87. The Hall–Kier alpha value is -1.15. The number of ether oxygens (including phenoxy) is 1. The van der Waals surface area contributed by atoms with Gasteiger partial charge in [0.1, 0.15) is 4.90 Å². The topological polar surface area (TPSA) is 75.7 Å². The number of halogens is 1. The molecular formula is C19H29ClN2O4S. The van der Waals surface area contributed by atoms with Crippen molar-refractivity contribution >= 4 is 27.5 Å². The first-order chi connectivity index (χ1) is 12.7. The van der Waals surface area contributed by atoms with Crippen LogP contribution >= 0.6 is 11.6 Å². The summed E-state index contributed by atoms with van der Waals surface area (Å²) in [7, 11) is -3.76. The third-order valence-electron chi connectivity index (χ3n) is 4.58. The van der Waals surface area contributed by atoms with Gasteiger partial charge in [0, 0.05) is 24.7 Å². The zero-order chi connectivity index (χ0) is 20.0. The molecule has 152 valence electrons. The van der Waals surface area contributed by atoms with Crippen molar-refractivity contribution in [2.75, 3.05) is 26.3 Å². The molecule has 27 heavy (non-hydrogen) atoms. The number of hydrogen-bond donors (Lipinski definition) is 1. The summed E-state index contributed by atoms with van der Waals surface area (Å²) in [4.78, 5) is 12.5. The quantitative estimate of drug-likeness (QED) is 0.705. The van der Waals surface area contributed by atoms with E-state index >= 15 is 0 Å². The molecule has 1 aliphatic heterocycles. The van der Waals surface area contributed by atoms with E-state index in [9.17, 15) is 13.2 Å². The Morgan fingerprint density at radius 1 is 1.22 bits per heavy atom. The molecule has 1 heterocycles. The average Bonchev–Trinajstić information content (AvgIpc) is 2.62. The van der Waals surface area contributed by atoms with Gasteiger partial charge in [-0.1, -0.05) is 38.3 Å². The molecule has 8 heteroatoms. The molecule has 2 rings (SSSR count). The van der Waals surface area contributed by atoms with E-state index in [-0.39, 0.29) is 35.0 Å². The Kier molecular flexibility index (Phi) is 8.09. The third kappa shape index (κ3) is 6.17. The van der Waals surface area contributed by atoms with Gasteiger partial charge in [-0.2, -0.15) is 4.31 Å². The van der Waals surface area contributed by atoms with Gasteiger partial charge in [0.2, 0.25) is 10.0 Å². The molecule has 0 saturated carbocycles. The third-order valence-corrected chi connectivity index (χ3v) is 6.96. The lowest BCUT2D eigenvalue weighted by Gasteiger charge is -2.26. The molecule has 0 aromatic heterocycles. The second-order valence-electron chi connectivity index (χ2n) is 7.36. The number of carbonyl (C=O) groups is 1. The maximum absolute atomic E-state index is 12.9. The minimum atomic E-state index is -3.76. The van der Waals surface area contributed by atoms with Crippen molar-refractivity contribution in [3.63, 3.8) is 0 Å². The number of nitrogens with one attached hydrogen (secondary N) is 1. The van der Waals surface area contributed by atoms with Crippen molar-refractivity contribution in [1.82, 2.24) is 9.62 Å². The summed E-state index contributed by atoms with van der Waals surface area (Å²) in [6.45, 7) is 7.57. The fourth-order valence-electron chi connectivity index (χ4n) is 2.98. The Bertz CT molecular complexity index is 746. The minimum Gasteiger partial charge on any atom is -0.379 e. The standard InChI is InChI=1S/C19H29ClN2O4S/c1-14(2)5-4-6-15(3)21-19(23)16-7-8-17(20)18(13-16)27(24,25)22-9-11-26-12-10-22/h7-8,13-15H,4-6,9-12H2,1-3H3,(H,21,23). The smallest absolute Gasteiger partial charge is 0.251 e. The van der Waals surface area contributed by atoms with Gasteiger partial charge in [-0.05, 0) is 37.5 Å². The fraction of sp³-hybridized carbons (Fsp3) is 0.632. The molecule has 0 spiro atoms. The number of nitrogens with zero attached hydrogens (tertiary/aromatic N) is 1. The van der Waals surface area contributed by atoms with Gasteiger partial charge < -0.3 is 10.1 Å². The van der Waals surface area contributed by atoms with Crippen LogP contribution < -0.4 is 5.32 Å². The summed E-state index contributed by atoms with van der Waals surface area (Å²) in [5.74, 6) is 0.347. The summed E-state index contributed by atoms with van der Waals surface area (Å²) in [5, 5.41) is 3.05. The van der Waals surface area contributed by atoms with Crippen molar-refractivity contribution in [1.29, 1.82) is 0 Å². The zero-order valence-corrected chi connectivity index (χ0v) is 17.8. The highest BCUT2D eigenvalue weighted by Crippen LogP contribution is 2.26. The average molecular weight is 417 g/mol. The second-order valence-corrected chi connectivity index (χ2v) is 9.67. The van der Waals surface area contributed by atoms with E-state index in [0.717, 1.165) is 19.3 Å². The molecule has 0 bridgehead atoms. The summed E-state index contributed by atoms with van der Waals surface area (Å²) < 4.78 is 32.3. The lowest BCUT2D eigenvalue weighted by Crippen LogP contribution is -2.40. The van der Waals surface area contributed by atoms with Crippen LogP contribution in [0.25, 0.3) is 0 Å². The molecule has 1 atom stereocenters. The molecule has 0 aliphatic carbocycles. The van der Waals surface area contributed by atoms with Crippen LogP contribution in [0.3, 0.4) is 0 Å². The highest BCUT2D eigenvalue weighted by molar-refractivity contribution is 7.89. The van der Waals surface area contributed by atoms with Crippen LogP contribution in [0.4, 0.5) is 0 Å². The normalized spacial score (nSPS) is 17.1. The zero-order valence-electron chi connectivity index (χ0n) is 16.2. The van der Waals surface area contributed by atoms with Gasteiger partial charge in [-0.25, -0.2) is 8.42 Å². The molecule has 1 unspecified atom stereocenters. The number of carbonyl (C=O) groups excluding carboxylic acids is 1. The number of benzene rings is 1. The van der Waals surface area contributed by atoms with E-state index in [2.05, 4.69) is 19.2 Å². The number of morpholine rings is 1. The predicted molar refractivity (Wildman–Crippen MR) is 107 cm³/mol. The molecular weight excluding hydrogens is 388 g/mol. The van der Waals surface area contributed by atoms with Crippen molar-refractivity contribution in [3.8, 4) is 0 Å². The monoisotopic (exact) mass is 416 g/mol. The molecule has 1 aromatic rings. The Morgan fingerprint density at radius 3 is 2.52 bits per heavy atom. The number of sulfonamides is 1. The van der Waals surface area contributed by atoms with Crippen molar-refractivity contribution in [2.45, 2.75) is 51.0 Å². The summed E-state index contributed by atoms with van der Waals surface area (Å²) in [6.07, 6.45) is 3.04. The van der Waals surface area contributed by atoms with Gasteiger partial charge in [-0.3, -0.25) is 4.79 Å². The van der Waals surface area contributed by atoms with Crippen LogP contribution in [0.15, 0.2) is 23.1 Å². The first kappa shape index (κ1) is 22.1.